The van der Waals surface area contributed by atoms with Gasteiger partial charge in [-0.1, -0.05) is 18.2 Å². The normalized spacial score (nSPS) is 22.7. The quantitative estimate of drug-likeness (QED) is 0.693. The van der Waals surface area contributed by atoms with Crippen molar-refractivity contribution < 1.29 is 9.53 Å². The fourth-order valence-electron chi connectivity index (χ4n) is 3.91. The van der Waals surface area contributed by atoms with Gasteiger partial charge in [0.05, 0.1) is 23.4 Å². The predicted octanol–water partition coefficient (Wildman–Crippen LogP) is 0.564. The maximum atomic E-state index is 10.9. The summed E-state index contributed by atoms with van der Waals surface area (Å²) in [6, 6.07) is 13.0. The first kappa shape index (κ1) is 19.0. The van der Waals surface area contributed by atoms with Gasteiger partial charge in [0.1, 0.15) is 11.8 Å². The first-order chi connectivity index (χ1) is 13.5. The summed E-state index contributed by atoms with van der Waals surface area (Å²) >= 11 is 0. The van der Waals surface area contributed by atoms with E-state index in [0.29, 0.717) is 24.4 Å². The lowest BCUT2D eigenvalue weighted by atomic mass is 9.58. The molecule has 3 rings (SSSR count). The van der Waals surface area contributed by atoms with Crippen molar-refractivity contribution >= 4 is 5.91 Å². The fraction of sp³-hybridized carbons (Fsp3) is 0.300. The van der Waals surface area contributed by atoms with Gasteiger partial charge in [-0.3, -0.25) is 4.79 Å². The number of nitrogens with two attached hydrogens (primary N) is 2. The summed E-state index contributed by atoms with van der Waals surface area (Å²) in [6.45, 7) is 0.854. The van der Waals surface area contributed by atoms with Gasteiger partial charge < -0.3 is 21.5 Å². The number of hydrogen-bond acceptors (Lipinski definition) is 7. The molecule has 0 saturated heterocycles. The number of fused-ring (bicyclic) bond motifs is 1. The van der Waals surface area contributed by atoms with E-state index in [2.05, 4.69) is 23.5 Å². The number of rotatable bonds is 4. The van der Waals surface area contributed by atoms with E-state index < -0.39 is 17.2 Å². The molecule has 2 aliphatic rings. The minimum Gasteiger partial charge on any atom is -0.484 e. The van der Waals surface area contributed by atoms with Crippen LogP contribution in [0.2, 0.25) is 0 Å². The average molecular weight is 374 g/mol. The monoisotopic (exact) mass is 374 g/mol. The van der Waals surface area contributed by atoms with Crippen LogP contribution in [0, 0.1) is 45.3 Å². The standard InChI is InChI=1S/C20H18N6O2/c21-7-15-14-5-6-26-8-16(14)18(20(10-22,11-23)19(15)25)12-1-3-13(4-2-12)28-9-17(24)27/h1-5,16,18,26H,6,8-9,25H2,(H2,24,27)/t16-,18+/m1/s1. The van der Waals surface area contributed by atoms with Crippen molar-refractivity contribution in [3.63, 3.8) is 0 Å². The molecule has 0 saturated carbocycles. The van der Waals surface area contributed by atoms with E-state index in [9.17, 15) is 20.6 Å². The number of carbonyl (C=O) groups is 1. The third kappa shape index (κ3) is 2.95. The second kappa shape index (κ2) is 7.44. The molecule has 1 aromatic rings. The minimum absolute atomic E-state index is 0.0107. The third-order valence-electron chi connectivity index (χ3n) is 5.17. The van der Waals surface area contributed by atoms with Crippen LogP contribution in [0.1, 0.15) is 11.5 Å². The number of allylic oxidation sites excluding steroid dienone is 2. The second-order valence-electron chi connectivity index (χ2n) is 6.66. The Labute approximate surface area is 162 Å². The van der Waals surface area contributed by atoms with Crippen molar-refractivity contribution in [3.05, 3.63) is 52.7 Å². The molecule has 1 aromatic carbocycles. The second-order valence-corrected chi connectivity index (χ2v) is 6.66. The minimum atomic E-state index is -1.66. The Morgan fingerprint density at radius 1 is 1.25 bits per heavy atom. The van der Waals surface area contributed by atoms with Gasteiger partial charge in [-0.05, 0) is 23.3 Å². The number of hydrogen-bond donors (Lipinski definition) is 3. The van der Waals surface area contributed by atoms with Crippen LogP contribution in [0.15, 0.2) is 47.2 Å². The predicted molar refractivity (Wildman–Crippen MR) is 98.8 cm³/mol. The SMILES string of the molecule is N#CC1=C(N)C(C#N)(C#N)[C@@H](c2ccc(OCC(N)=O)cc2)[C@@H]2CNCC=C12. The number of nitriles is 3. The molecule has 8 heteroatoms. The number of amides is 1. The zero-order chi connectivity index (χ0) is 20.3. The largest absolute Gasteiger partial charge is 0.484 e. The molecule has 0 aromatic heterocycles. The molecule has 140 valence electrons. The number of ether oxygens (including phenoxy) is 1. The molecule has 0 bridgehead atoms. The smallest absolute Gasteiger partial charge is 0.255 e. The molecule has 8 nitrogen and oxygen atoms in total. The number of primary amides is 1. The van der Waals surface area contributed by atoms with Crippen LogP contribution in [-0.2, 0) is 4.79 Å². The van der Waals surface area contributed by atoms with E-state index in [1.54, 1.807) is 24.3 Å². The first-order valence-corrected chi connectivity index (χ1v) is 8.63. The molecular formula is C20H18N6O2. The molecule has 1 aliphatic heterocycles. The number of benzene rings is 1. The third-order valence-corrected chi connectivity index (χ3v) is 5.17. The van der Waals surface area contributed by atoms with Crippen LogP contribution in [0.5, 0.6) is 5.75 Å². The van der Waals surface area contributed by atoms with Gasteiger partial charge in [-0.2, -0.15) is 15.8 Å². The van der Waals surface area contributed by atoms with Crippen LogP contribution in [0.4, 0.5) is 0 Å². The highest BCUT2D eigenvalue weighted by molar-refractivity contribution is 5.75. The zero-order valence-corrected chi connectivity index (χ0v) is 15.0. The van der Waals surface area contributed by atoms with E-state index in [0.717, 1.165) is 5.57 Å². The van der Waals surface area contributed by atoms with Crippen molar-refractivity contribution in [1.29, 1.82) is 15.8 Å². The first-order valence-electron chi connectivity index (χ1n) is 8.63. The van der Waals surface area contributed by atoms with Crippen LogP contribution >= 0.6 is 0 Å². The van der Waals surface area contributed by atoms with Crippen LogP contribution in [0.3, 0.4) is 0 Å². The molecule has 5 N–H and O–H groups in total. The highest BCUT2D eigenvalue weighted by Crippen LogP contribution is 2.53. The van der Waals surface area contributed by atoms with Gasteiger partial charge in [0.15, 0.2) is 12.0 Å². The summed E-state index contributed by atoms with van der Waals surface area (Å²) in [5, 5.41) is 32.7. The van der Waals surface area contributed by atoms with E-state index in [4.69, 9.17) is 16.2 Å². The van der Waals surface area contributed by atoms with Crippen molar-refractivity contribution in [2.45, 2.75) is 5.92 Å². The van der Waals surface area contributed by atoms with Gasteiger partial charge in [0, 0.05) is 24.9 Å². The van der Waals surface area contributed by atoms with Gasteiger partial charge in [-0.25, -0.2) is 0 Å². The van der Waals surface area contributed by atoms with Crippen molar-refractivity contribution in [1.82, 2.24) is 5.32 Å². The maximum Gasteiger partial charge on any atom is 0.255 e. The molecule has 1 aliphatic carbocycles. The molecule has 0 fully saturated rings. The Balaban J connectivity index is 2.11. The van der Waals surface area contributed by atoms with E-state index >= 15 is 0 Å². The lowest BCUT2D eigenvalue weighted by Gasteiger charge is -2.43. The van der Waals surface area contributed by atoms with Crippen LogP contribution in [0.25, 0.3) is 0 Å². The summed E-state index contributed by atoms with van der Waals surface area (Å²) in [4.78, 5) is 10.9. The molecule has 1 amide bonds. The molecule has 1 heterocycles. The Bertz CT molecular complexity index is 973. The number of carbonyl (C=O) groups excluding carboxylic acids is 1. The summed E-state index contributed by atoms with van der Waals surface area (Å²) in [5.41, 5.74) is 11.3. The Hall–Kier alpha value is -3.80. The fourth-order valence-corrected chi connectivity index (χ4v) is 3.91. The van der Waals surface area contributed by atoms with E-state index in [1.165, 1.54) is 0 Å². The van der Waals surface area contributed by atoms with Crippen LogP contribution in [-0.4, -0.2) is 25.6 Å². The van der Waals surface area contributed by atoms with Gasteiger partial charge in [0.2, 0.25) is 0 Å². The molecule has 28 heavy (non-hydrogen) atoms. The summed E-state index contributed by atoms with van der Waals surface area (Å²) < 4.78 is 5.27. The number of nitrogens with one attached hydrogen (secondary N) is 1. The maximum absolute atomic E-state index is 10.9. The molecule has 0 unspecified atom stereocenters. The molecular weight excluding hydrogens is 356 g/mol. The molecule has 0 spiro atoms. The van der Waals surface area contributed by atoms with Gasteiger partial charge >= 0.3 is 0 Å². The van der Waals surface area contributed by atoms with E-state index in [1.807, 2.05) is 6.08 Å². The summed E-state index contributed by atoms with van der Waals surface area (Å²) in [6.07, 6.45) is 1.88. The highest BCUT2D eigenvalue weighted by Gasteiger charge is 2.53. The summed E-state index contributed by atoms with van der Waals surface area (Å²) in [7, 11) is 0. The molecule has 2 atom stereocenters. The Kier molecular flexibility index (Phi) is 5.04. The van der Waals surface area contributed by atoms with E-state index in [-0.39, 0.29) is 23.8 Å². The Morgan fingerprint density at radius 2 is 1.93 bits per heavy atom. The van der Waals surface area contributed by atoms with Gasteiger partial charge in [0.25, 0.3) is 5.91 Å². The topological polar surface area (TPSA) is 162 Å². The van der Waals surface area contributed by atoms with Crippen molar-refractivity contribution in [3.8, 4) is 24.0 Å². The van der Waals surface area contributed by atoms with Gasteiger partial charge in [-0.15, -0.1) is 0 Å². The lowest BCUT2D eigenvalue weighted by Crippen LogP contribution is -2.46. The summed E-state index contributed by atoms with van der Waals surface area (Å²) in [5.74, 6) is -0.970. The van der Waals surface area contributed by atoms with Crippen molar-refractivity contribution in [2.75, 3.05) is 19.7 Å². The zero-order valence-electron chi connectivity index (χ0n) is 15.0. The average Bonchev–Trinajstić information content (AvgIpc) is 2.72. The molecule has 0 radical (unpaired) electrons. The number of nitrogens with zero attached hydrogens (tertiary/aromatic N) is 3. The Morgan fingerprint density at radius 3 is 2.50 bits per heavy atom. The lowest BCUT2D eigenvalue weighted by molar-refractivity contribution is -0.119. The van der Waals surface area contributed by atoms with Crippen molar-refractivity contribution in [2.24, 2.45) is 22.8 Å². The van der Waals surface area contributed by atoms with Crippen LogP contribution < -0.4 is 21.5 Å². The highest BCUT2D eigenvalue weighted by atomic mass is 16.5.